The van der Waals surface area contributed by atoms with Gasteiger partial charge in [0.15, 0.2) is 0 Å². The molecular weight excluding hydrogens is 136 g/mol. The molecule has 1 aromatic heterocycles. The standard InChI is InChI=1S/C6H10N2.ClH/c1-2-3-6-7-4-5-8-6;/h4-5H,2-3H2,1H3,(H,7,8);1H. The third-order valence-electron chi connectivity index (χ3n) is 1.04. The van der Waals surface area contributed by atoms with E-state index in [0.29, 0.717) is 0 Å². The number of nitrogens with one attached hydrogen (secondary N) is 1. The van der Waals surface area contributed by atoms with Gasteiger partial charge in [0.25, 0.3) is 0 Å². The van der Waals surface area contributed by atoms with Gasteiger partial charge in [-0.3, -0.25) is 0 Å². The molecule has 0 unspecified atom stereocenters. The van der Waals surface area contributed by atoms with Crippen LogP contribution in [-0.2, 0) is 6.42 Å². The van der Waals surface area contributed by atoms with Crippen molar-refractivity contribution in [1.29, 1.82) is 0 Å². The summed E-state index contributed by atoms with van der Waals surface area (Å²) in [5.74, 6) is 1.09. The zero-order valence-electron chi connectivity index (χ0n) is 5.42. The number of aromatic amines is 1. The van der Waals surface area contributed by atoms with Crippen LogP contribution in [0.2, 0.25) is 0 Å². The van der Waals surface area contributed by atoms with Gasteiger partial charge in [0.1, 0.15) is 5.82 Å². The summed E-state index contributed by atoms with van der Waals surface area (Å²) in [7, 11) is 0. The normalized spacial score (nSPS) is 8.56. The van der Waals surface area contributed by atoms with Crippen LogP contribution in [0.15, 0.2) is 12.4 Å². The maximum atomic E-state index is 4.05. The van der Waals surface area contributed by atoms with Crippen LogP contribution in [0.1, 0.15) is 19.2 Å². The van der Waals surface area contributed by atoms with Crippen molar-refractivity contribution in [2.24, 2.45) is 0 Å². The van der Waals surface area contributed by atoms with Crippen molar-refractivity contribution in [2.45, 2.75) is 19.8 Å². The average Bonchev–Trinajstić information content (AvgIpc) is 2.19. The van der Waals surface area contributed by atoms with Crippen molar-refractivity contribution in [3.63, 3.8) is 0 Å². The molecule has 0 aliphatic carbocycles. The van der Waals surface area contributed by atoms with Gasteiger partial charge in [0.05, 0.1) is 0 Å². The van der Waals surface area contributed by atoms with Crippen molar-refractivity contribution >= 4 is 12.4 Å². The van der Waals surface area contributed by atoms with E-state index in [9.17, 15) is 0 Å². The molecule has 1 N–H and O–H groups in total. The van der Waals surface area contributed by atoms with Crippen molar-refractivity contribution in [1.82, 2.24) is 9.97 Å². The highest BCUT2D eigenvalue weighted by atomic mass is 35.5. The number of aromatic nitrogens is 2. The van der Waals surface area contributed by atoms with Gasteiger partial charge >= 0.3 is 0 Å². The third-order valence-corrected chi connectivity index (χ3v) is 1.04. The highest BCUT2D eigenvalue weighted by Crippen LogP contribution is 1.91. The van der Waals surface area contributed by atoms with E-state index in [4.69, 9.17) is 0 Å². The minimum absolute atomic E-state index is 0. The van der Waals surface area contributed by atoms with Crippen molar-refractivity contribution in [3.05, 3.63) is 18.2 Å². The zero-order chi connectivity index (χ0) is 5.82. The summed E-state index contributed by atoms with van der Waals surface area (Å²) in [6, 6.07) is 0. The van der Waals surface area contributed by atoms with Gasteiger partial charge in [-0.25, -0.2) is 4.98 Å². The second-order valence-electron chi connectivity index (χ2n) is 1.79. The van der Waals surface area contributed by atoms with Crippen molar-refractivity contribution < 1.29 is 0 Å². The predicted octanol–water partition coefficient (Wildman–Crippen LogP) is 1.78. The van der Waals surface area contributed by atoms with Crippen LogP contribution in [-0.4, -0.2) is 9.97 Å². The molecule has 3 heteroatoms. The number of halogens is 1. The number of imidazole rings is 1. The zero-order valence-corrected chi connectivity index (χ0v) is 6.24. The highest BCUT2D eigenvalue weighted by Gasteiger charge is 1.87. The minimum Gasteiger partial charge on any atom is -0.349 e. The topological polar surface area (TPSA) is 28.7 Å². The van der Waals surface area contributed by atoms with Gasteiger partial charge in [-0.15, -0.1) is 12.4 Å². The highest BCUT2D eigenvalue weighted by molar-refractivity contribution is 5.85. The molecule has 52 valence electrons. The largest absolute Gasteiger partial charge is 0.349 e. The van der Waals surface area contributed by atoms with Crippen molar-refractivity contribution in [2.75, 3.05) is 0 Å². The van der Waals surface area contributed by atoms with Gasteiger partial charge in [-0.05, 0) is 6.42 Å². The van der Waals surface area contributed by atoms with Crippen LogP contribution < -0.4 is 0 Å². The van der Waals surface area contributed by atoms with Gasteiger partial charge in [-0.1, -0.05) is 6.92 Å². The number of aryl methyl sites for hydroxylation is 1. The van der Waals surface area contributed by atoms with E-state index in [1.165, 1.54) is 0 Å². The Balaban J connectivity index is 0.000000640. The molecular formula is C6H11ClN2. The van der Waals surface area contributed by atoms with Crippen molar-refractivity contribution in [3.8, 4) is 0 Å². The van der Waals surface area contributed by atoms with E-state index in [1.54, 1.807) is 6.20 Å². The summed E-state index contributed by atoms with van der Waals surface area (Å²) in [6.07, 6.45) is 5.86. The molecule has 1 heterocycles. The molecule has 0 aliphatic heterocycles. The molecule has 0 saturated heterocycles. The minimum atomic E-state index is 0. The van der Waals surface area contributed by atoms with E-state index < -0.39 is 0 Å². The molecule has 0 saturated carbocycles. The SMILES string of the molecule is CCCc1ncc[nH]1.Cl. The second kappa shape index (κ2) is 4.39. The number of nitrogens with zero attached hydrogens (tertiary/aromatic N) is 1. The smallest absolute Gasteiger partial charge is 0.105 e. The molecule has 0 fully saturated rings. The number of hydrogen-bond donors (Lipinski definition) is 1. The van der Waals surface area contributed by atoms with Crippen LogP contribution in [0.25, 0.3) is 0 Å². The molecule has 2 nitrogen and oxygen atoms in total. The molecule has 0 amide bonds. The quantitative estimate of drug-likeness (QED) is 0.677. The molecule has 0 aliphatic rings. The molecule has 0 radical (unpaired) electrons. The van der Waals surface area contributed by atoms with Crippen LogP contribution in [0.5, 0.6) is 0 Å². The number of rotatable bonds is 2. The van der Waals surface area contributed by atoms with E-state index in [0.717, 1.165) is 18.7 Å². The molecule has 0 atom stereocenters. The Labute approximate surface area is 61.1 Å². The maximum Gasteiger partial charge on any atom is 0.105 e. The van der Waals surface area contributed by atoms with Crippen LogP contribution in [0, 0.1) is 0 Å². The van der Waals surface area contributed by atoms with Crippen LogP contribution in [0.3, 0.4) is 0 Å². The lowest BCUT2D eigenvalue weighted by Gasteiger charge is -1.85. The predicted molar refractivity (Wildman–Crippen MR) is 39.8 cm³/mol. The molecule has 0 spiro atoms. The Morgan fingerprint density at radius 1 is 1.67 bits per heavy atom. The molecule has 0 aromatic carbocycles. The Morgan fingerprint density at radius 3 is 2.89 bits per heavy atom. The molecule has 0 bridgehead atoms. The first-order valence-corrected chi connectivity index (χ1v) is 2.91. The van der Waals surface area contributed by atoms with E-state index >= 15 is 0 Å². The van der Waals surface area contributed by atoms with E-state index in [-0.39, 0.29) is 12.4 Å². The first-order chi connectivity index (χ1) is 3.93. The lowest BCUT2D eigenvalue weighted by atomic mass is 10.3. The molecule has 1 aromatic rings. The molecule has 9 heavy (non-hydrogen) atoms. The maximum absolute atomic E-state index is 4.05. The summed E-state index contributed by atoms with van der Waals surface area (Å²) in [6.45, 7) is 2.14. The lowest BCUT2D eigenvalue weighted by molar-refractivity contribution is 0.856. The Morgan fingerprint density at radius 2 is 2.44 bits per heavy atom. The third kappa shape index (κ3) is 2.51. The fourth-order valence-corrected chi connectivity index (χ4v) is 0.671. The van der Waals surface area contributed by atoms with Crippen LogP contribution >= 0.6 is 12.4 Å². The summed E-state index contributed by atoms with van der Waals surface area (Å²) < 4.78 is 0. The fraction of sp³-hybridized carbons (Fsp3) is 0.500. The Bertz CT molecular complexity index is 137. The summed E-state index contributed by atoms with van der Waals surface area (Å²) >= 11 is 0. The van der Waals surface area contributed by atoms with E-state index in [2.05, 4.69) is 16.9 Å². The molecule has 1 rings (SSSR count). The van der Waals surface area contributed by atoms with Gasteiger partial charge in [0, 0.05) is 18.8 Å². The summed E-state index contributed by atoms with van der Waals surface area (Å²) in [5.41, 5.74) is 0. The monoisotopic (exact) mass is 146 g/mol. The number of hydrogen-bond acceptors (Lipinski definition) is 1. The first-order valence-electron chi connectivity index (χ1n) is 2.91. The first kappa shape index (κ1) is 8.50. The Kier molecular flexibility index (Phi) is 4.14. The summed E-state index contributed by atoms with van der Waals surface area (Å²) in [4.78, 5) is 7.08. The van der Waals surface area contributed by atoms with Gasteiger partial charge < -0.3 is 4.98 Å². The van der Waals surface area contributed by atoms with Gasteiger partial charge in [-0.2, -0.15) is 0 Å². The summed E-state index contributed by atoms with van der Waals surface area (Å²) in [5, 5.41) is 0. The average molecular weight is 147 g/mol. The second-order valence-corrected chi connectivity index (χ2v) is 1.79. The lowest BCUT2D eigenvalue weighted by Crippen LogP contribution is -1.83. The van der Waals surface area contributed by atoms with Gasteiger partial charge in [0.2, 0.25) is 0 Å². The number of H-pyrrole nitrogens is 1. The Hall–Kier alpha value is -0.500. The fourth-order valence-electron chi connectivity index (χ4n) is 0.671. The van der Waals surface area contributed by atoms with E-state index in [1.807, 2.05) is 6.20 Å². The van der Waals surface area contributed by atoms with Crippen LogP contribution in [0.4, 0.5) is 0 Å².